The van der Waals surface area contributed by atoms with Crippen molar-refractivity contribution in [1.29, 1.82) is 0 Å². The molecule has 0 N–H and O–H groups in total. The van der Waals surface area contributed by atoms with Crippen LogP contribution >= 0.6 is 0 Å². The summed E-state index contributed by atoms with van der Waals surface area (Å²) in [7, 11) is 1.67. The fraction of sp³-hybridized carbons (Fsp3) is 0.652. The number of rotatable bonds is 9. The van der Waals surface area contributed by atoms with Gasteiger partial charge in [-0.3, -0.25) is 9.59 Å². The first-order valence-corrected chi connectivity index (χ1v) is 10.5. The average molecular weight is 391 g/mol. The van der Waals surface area contributed by atoms with Crippen molar-refractivity contribution < 1.29 is 23.8 Å². The van der Waals surface area contributed by atoms with Crippen LogP contribution in [-0.4, -0.2) is 31.3 Å². The van der Waals surface area contributed by atoms with Gasteiger partial charge in [-0.2, -0.15) is 0 Å². The lowest BCUT2D eigenvalue weighted by molar-refractivity contribution is -0.158. The van der Waals surface area contributed by atoms with Crippen LogP contribution in [-0.2, 0) is 19.1 Å². The molecule has 5 nitrogen and oxygen atoms in total. The van der Waals surface area contributed by atoms with E-state index in [9.17, 15) is 9.59 Å². The van der Waals surface area contributed by atoms with Crippen LogP contribution in [0.5, 0.6) is 5.75 Å². The Hall–Kier alpha value is -2.04. The van der Waals surface area contributed by atoms with Gasteiger partial charge in [0.15, 0.2) is 0 Å². The van der Waals surface area contributed by atoms with E-state index in [1.54, 1.807) is 7.11 Å². The second kappa shape index (κ2) is 11.1. The first kappa shape index (κ1) is 22.3. The van der Waals surface area contributed by atoms with Crippen molar-refractivity contribution in [3.8, 4) is 5.75 Å². The molecule has 1 saturated carbocycles. The van der Waals surface area contributed by atoms with E-state index in [4.69, 9.17) is 14.2 Å². The second-order valence-electron chi connectivity index (χ2n) is 7.92. The molecule has 156 valence electrons. The van der Waals surface area contributed by atoms with E-state index in [0.717, 1.165) is 37.9 Å². The van der Waals surface area contributed by atoms with Crippen molar-refractivity contribution in [2.24, 2.45) is 5.92 Å². The Balaban J connectivity index is 1.69. The van der Waals surface area contributed by atoms with Crippen LogP contribution < -0.4 is 4.74 Å². The van der Waals surface area contributed by atoms with E-state index in [2.05, 4.69) is 12.1 Å². The summed E-state index contributed by atoms with van der Waals surface area (Å²) in [5.74, 6) is 1.02. The fourth-order valence-electron chi connectivity index (χ4n) is 3.76. The predicted molar refractivity (Wildman–Crippen MR) is 108 cm³/mol. The third kappa shape index (κ3) is 6.84. The molecule has 0 aromatic heterocycles. The number of methoxy groups -OCH3 is 1. The molecular formula is C23H34O5. The van der Waals surface area contributed by atoms with E-state index in [1.165, 1.54) is 5.56 Å². The standard InChI is InChI=1S/C23H34O5/c1-5-21(16(2)3)28-23(25)15-14-22(24)27-20-12-8-18(9-13-20)17-6-10-19(26-4)11-7-17/h6-7,10-11,16,18,20-21H,5,8-9,12-15H2,1-4H3. The molecule has 1 aromatic carbocycles. The fourth-order valence-corrected chi connectivity index (χ4v) is 3.76. The summed E-state index contributed by atoms with van der Waals surface area (Å²) >= 11 is 0. The normalized spacial score (nSPS) is 20.5. The third-order valence-corrected chi connectivity index (χ3v) is 5.52. The highest BCUT2D eigenvalue weighted by Crippen LogP contribution is 2.34. The molecule has 0 spiro atoms. The topological polar surface area (TPSA) is 61.8 Å². The number of hydrogen-bond donors (Lipinski definition) is 0. The summed E-state index contributed by atoms with van der Waals surface area (Å²) in [5, 5.41) is 0. The van der Waals surface area contributed by atoms with Crippen LogP contribution in [0.15, 0.2) is 24.3 Å². The predicted octanol–water partition coefficient (Wildman–Crippen LogP) is 5.02. The van der Waals surface area contributed by atoms with Gasteiger partial charge < -0.3 is 14.2 Å². The monoisotopic (exact) mass is 390 g/mol. The molecular weight excluding hydrogens is 356 g/mol. The number of carbonyl (C=O) groups is 2. The van der Waals surface area contributed by atoms with Gasteiger partial charge in [0.2, 0.25) is 0 Å². The summed E-state index contributed by atoms with van der Waals surface area (Å²) < 4.78 is 16.2. The summed E-state index contributed by atoms with van der Waals surface area (Å²) in [6, 6.07) is 8.20. The first-order chi connectivity index (χ1) is 13.4. The summed E-state index contributed by atoms with van der Waals surface area (Å²) in [6.07, 6.45) is 4.54. The summed E-state index contributed by atoms with van der Waals surface area (Å²) in [4.78, 5) is 24.0. The van der Waals surface area contributed by atoms with Crippen LogP contribution in [0.2, 0.25) is 0 Å². The Kier molecular flexibility index (Phi) is 8.81. The molecule has 1 atom stereocenters. The van der Waals surface area contributed by atoms with E-state index in [-0.39, 0.29) is 42.9 Å². The maximum absolute atomic E-state index is 12.1. The van der Waals surface area contributed by atoms with Crippen LogP contribution in [0, 0.1) is 5.92 Å². The zero-order valence-electron chi connectivity index (χ0n) is 17.6. The molecule has 1 aliphatic rings. The minimum atomic E-state index is -0.319. The lowest BCUT2D eigenvalue weighted by Crippen LogP contribution is -2.25. The maximum Gasteiger partial charge on any atom is 0.306 e. The quantitative estimate of drug-likeness (QED) is 0.554. The van der Waals surface area contributed by atoms with E-state index >= 15 is 0 Å². The number of esters is 2. The molecule has 0 heterocycles. The second-order valence-corrected chi connectivity index (χ2v) is 7.92. The lowest BCUT2D eigenvalue weighted by Gasteiger charge is -2.28. The van der Waals surface area contributed by atoms with Crippen LogP contribution in [0.3, 0.4) is 0 Å². The van der Waals surface area contributed by atoms with Crippen molar-refractivity contribution in [1.82, 2.24) is 0 Å². The number of carbonyl (C=O) groups excluding carboxylic acids is 2. The van der Waals surface area contributed by atoms with Crippen molar-refractivity contribution >= 4 is 11.9 Å². The number of ether oxygens (including phenoxy) is 3. The van der Waals surface area contributed by atoms with Crippen LogP contribution in [0.25, 0.3) is 0 Å². The summed E-state index contributed by atoms with van der Waals surface area (Å²) in [5.41, 5.74) is 1.31. The first-order valence-electron chi connectivity index (χ1n) is 10.5. The van der Waals surface area contributed by atoms with E-state index < -0.39 is 0 Å². The van der Waals surface area contributed by atoms with Gasteiger partial charge in [0.1, 0.15) is 18.0 Å². The molecule has 0 saturated heterocycles. The van der Waals surface area contributed by atoms with Crippen LogP contribution in [0.4, 0.5) is 0 Å². The smallest absolute Gasteiger partial charge is 0.306 e. The molecule has 1 unspecified atom stereocenters. The van der Waals surface area contributed by atoms with Gasteiger partial charge in [0.05, 0.1) is 20.0 Å². The van der Waals surface area contributed by atoms with E-state index in [0.29, 0.717) is 5.92 Å². The molecule has 1 aromatic rings. The Morgan fingerprint density at radius 1 is 1.00 bits per heavy atom. The third-order valence-electron chi connectivity index (χ3n) is 5.52. The zero-order valence-corrected chi connectivity index (χ0v) is 17.6. The van der Waals surface area contributed by atoms with Crippen molar-refractivity contribution in [3.63, 3.8) is 0 Å². The summed E-state index contributed by atoms with van der Waals surface area (Å²) in [6.45, 7) is 6.05. The number of benzene rings is 1. The highest BCUT2D eigenvalue weighted by molar-refractivity contribution is 5.77. The largest absolute Gasteiger partial charge is 0.497 e. The molecule has 1 fully saturated rings. The number of hydrogen-bond acceptors (Lipinski definition) is 5. The highest BCUT2D eigenvalue weighted by atomic mass is 16.6. The minimum Gasteiger partial charge on any atom is -0.497 e. The minimum absolute atomic E-state index is 0.0444. The van der Waals surface area contributed by atoms with Gasteiger partial charge in [-0.1, -0.05) is 32.9 Å². The molecule has 5 heteroatoms. The van der Waals surface area contributed by atoms with Gasteiger partial charge in [-0.15, -0.1) is 0 Å². The van der Waals surface area contributed by atoms with Gasteiger partial charge in [-0.05, 0) is 61.6 Å². The molecule has 0 aliphatic heterocycles. The van der Waals surface area contributed by atoms with Crippen molar-refractivity contribution in [2.45, 2.75) is 83.8 Å². The Labute approximate surface area is 168 Å². The molecule has 0 bridgehead atoms. The molecule has 0 radical (unpaired) electrons. The molecule has 28 heavy (non-hydrogen) atoms. The molecule has 0 amide bonds. The average Bonchev–Trinajstić information content (AvgIpc) is 2.71. The highest BCUT2D eigenvalue weighted by Gasteiger charge is 2.25. The maximum atomic E-state index is 12.1. The van der Waals surface area contributed by atoms with Gasteiger partial charge in [0, 0.05) is 0 Å². The lowest BCUT2D eigenvalue weighted by atomic mass is 9.83. The Bertz CT molecular complexity index is 614. The Morgan fingerprint density at radius 2 is 1.61 bits per heavy atom. The zero-order chi connectivity index (χ0) is 20.5. The SMILES string of the molecule is CCC(OC(=O)CCC(=O)OC1CCC(c2ccc(OC)cc2)CC1)C(C)C. The van der Waals surface area contributed by atoms with Crippen LogP contribution in [0.1, 0.15) is 77.2 Å². The van der Waals surface area contributed by atoms with Crippen molar-refractivity contribution in [2.75, 3.05) is 7.11 Å². The Morgan fingerprint density at radius 3 is 2.14 bits per heavy atom. The van der Waals surface area contributed by atoms with Crippen molar-refractivity contribution in [3.05, 3.63) is 29.8 Å². The molecule has 2 rings (SSSR count). The van der Waals surface area contributed by atoms with Gasteiger partial charge >= 0.3 is 11.9 Å². The molecule has 1 aliphatic carbocycles. The van der Waals surface area contributed by atoms with Gasteiger partial charge in [0.25, 0.3) is 0 Å². The van der Waals surface area contributed by atoms with Gasteiger partial charge in [-0.25, -0.2) is 0 Å². The van der Waals surface area contributed by atoms with E-state index in [1.807, 2.05) is 32.9 Å².